The number of piperazine rings is 1. The number of benzene rings is 1. The van der Waals surface area contributed by atoms with Crippen molar-refractivity contribution >= 4 is 25.8 Å². The molecule has 1 aromatic carbocycles. The minimum Gasteiger partial charge on any atom is -0.342 e. The Bertz CT molecular complexity index is 1120. The molecule has 1 aromatic rings. The van der Waals surface area contributed by atoms with Gasteiger partial charge >= 0.3 is 0 Å². The Balaban J connectivity index is 1.41. The van der Waals surface area contributed by atoms with Gasteiger partial charge in [-0.2, -0.15) is 4.31 Å². The van der Waals surface area contributed by atoms with E-state index in [1.807, 2.05) is 17.0 Å². The van der Waals surface area contributed by atoms with Crippen LogP contribution in [0.15, 0.2) is 29.2 Å². The molecule has 0 bridgehead atoms. The second kappa shape index (κ2) is 14.9. The summed E-state index contributed by atoms with van der Waals surface area (Å²) in [7, 11) is -6.65. The van der Waals surface area contributed by atoms with Crippen molar-refractivity contribution in [1.29, 1.82) is 0 Å². The van der Waals surface area contributed by atoms with E-state index in [-0.39, 0.29) is 18.2 Å². The average Bonchev–Trinajstić information content (AvgIpc) is 3.09. The Kier molecular flexibility index (Phi) is 12.2. The van der Waals surface area contributed by atoms with Crippen molar-refractivity contribution in [2.24, 2.45) is 0 Å². The fraction of sp³-hybridized carbons (Fsp3) is 0.741. The van der Waals surface area contributed by atoms with Crippen LogP contribution in [-0.4, -0.2) is 132 Å². The first-order chi connectivity index (χ1) is 18.5. The van der Waals surface area contributed by atoms with Gasteiger partial charge in [-0.25, -0.2) is 16.8 Å². The largest absolute Gasteiger partial charge is 0.342 e. The van der Waals surface area contributed by atoms with Gasteiger partial charge in [0.15, 0.2) is 9.84 Å². The van der Waals surface area contributed by atoms with Crippen LogP contribution in [0.2, 0.25) is 0 Å². The third kappa shape index (κ3) is 10.1. The van der Waals surface area contributed by atoms with Gasteiger partial charge in [0.2, 0.25) is 15.9 Å². The van der Waals surface area contributed by atoms with Gasteiger partial charge < -0.3 is 15.1 Å². The third-order valence-electron chi connectivity index (χ3n) is 7.80. The number of likely N-dealkylation sites (N-methyl/N-ethyl adjacent to an activating group) is 1. The van der Waals surface area contributed by atoms with Crippen LogP contribution in [0.4, 0.5) is 0 Å². The minimum absolute atomic E-state index is 0.0554. The Labute approximate surface area is 235 Å². The molecule has 3 rings (SSSR count). The summed E-state index contributed by atoms with van der Waals surface area (Å²) in [5.41, 5.74) is 1.11. The number of unbranched alkanes of at least 4 members (excludes halogenated alkanes) is 1. The van der Waals surface area contributed by atoms with E-state index in [2.05, 4.69) is 29.0 Å². The number of rotatable bonds is 14. The van der Waals surface area contributed by atoms with Crippen LogP contribution < -0.4 is 5.32 Å². The Morgan fingerprint density at radius 1 is 0.974 bits per heavy atom. The van der Waals surface area contributed by atoms with Crippen LogP contribution in [0, 0.1) is 0 Å². The van der Waals surface area contributed by atoms with Crippen LogP contribution in [-0.2, 0) is 31.1 Å². The first kappa shape index (κ1) is 32.0. The van der Waals surface area contributed by atoms with Gasteiger partial charge in [0.05, 0.1) is 17.2 Å². The minimum atomic E-state index is -3.46. The van der Waals surface area contributed by atoms with E-state index in [0.717, 1.165) is 64.1 Å². The highest BCUT2D eigenvalue weighted by molar-refractivity contribution is 7.90. The lowest BCUT2D eigenvalue weighted by Crippen LogP contribution is -2.47. The lowest BCUT2D eigenvalue weighted by molar-refractivity contribution is -0.130. The highest BCUT2D eigenvalue weighted by Crippen LogP contribution is 2.15. The van der Waals surface area contributed by atoms with Gasteiger partial charge in [-0.15, -0.1) is 0 Å². The number of nitrogens with one attached hydrogen (secondary N) is 1. The molecule has 1 atom stereocenters. The van der Waals surface area contributed by atoms with Crippen LogP contribution in [0.3, 0.4) is 0 Å². The second-order valence-corrected chi connectivity index (χ2v) is 14.9. The molecule has 12 heteroatoms. The van der Waals surface area contributed by atoms with Gasteiger partial charge in [0.1, 0.15) is 0 Å². The van der Waals surface area contributed by atoms with Crippen molar-refractivity contribution in [1.82, 2.24) is 24.3 Å². The fourth-order valence-electron chi connectivity index (χ4n) is 5.33. The molecule has 2 saturated heterocycles. The van der Waals surface area contributed by atoms with E-state index in [1.54, 1.807) is 12.1 Å². The zero-order valence-electron chi connectivity index (χ0n) is 23.8. The Morgan fingerprint density at radius 3 is 2.31 bits per heavy atom. The number of amides is 1. The summed E-state index contributed by atoms with van der Waals surface area (Å²) in [6.45, 7) is 11.7. The molecule has 2 aliphatic heterocycles. The third-order valence-corrected chi connectivity index (χ3v) is 10.7. The van der Waals surface area contributed by atoms with E-state index >= 15 is 0 Å². The monoisotopic (exact) mass is 585 g/mol. The molecule has 1 amide bonds. The summed E-state index contributed by atoms with van der Waals surface area (Å²) in [5.74, 6) is -0.0378. The summed E-state index contributed by atoms with van der Waals surface area (Å²) >= 11 is 0. The molecule has 222 valence electrons. The summed E-state index contributed by atoms with van der Waals surface area (Å²) in [4.78, 5) is 19.6. The first-order valence-corrected chi connectivity index (χ1v) is 17.7. The van der Waals surface area contributed by atoms with E-state index in [4.69, 9.17) is 0 Å². The average molecular weight is 586 g/mol. The van der Waals surface area contributed by atoms with E-state index in [9.17, 15) is 21.6 Å². The molecule has 2 aliphatic rings. The SMILES string of the molecule is CCN(CCCCN1CCCN(S(=O)(=O)CCN2CCNCC2)CC1=O)C(C)Cc1ccc(S(C)(=O)=O)cc1. The summed E-state index contributed by atoms with van der Waals surface area (Å²) in [6, 6.07) is 7.43. The molecule has 2 heterocycles. The van der Waals surface area contributed by atoms with Gasteiger partial charge in [-0.1, -0.05) is 19.1 Å². The molecule has 2 fully saturated rings. The van der Waals surface area contributed by atoms with Crippen molar-refractivity contribution < 1.29 is 21.6 Å². The molecular weight excluding hydrogens is 538 g/mol. The molecular formula is C27H47N5O5S2. The maximum absolute atomic E-state index is 12.9. The zero-order valence-corrected chi connectivity index (χ0v) is 25.5. The van der Waals surface area contributed by atoms with Gasteiger partial charge in [0, 0.05) is 64.7 Å². The number of sulfone groups is 1. The normalized spacial score (nSPS) is 19.4. The van der Waals surface area contributed by atoms with Crippen molar-refractivity contribution in [3.05, 3.63) is 29.8 Å². The van der Waals surface area contributed by atoms with Gasteiger partial charge in [0.25, 0.3) is 0 Å². The highest BCUT2D eigenvalue weighted by Gasteiger charge is 2.30. The maximum Gasteiger partial charge on any atom is 0.237 e. The number of carbonyl (C=O) groups excluding carboxylic acids is 1. The quantitative estimate of drug-likeness (QED) is 0.321. The molecule has 1 N–H and O–H groups in total. The van der Waals surface area contributed by atoms with Gasteiger partial charge in [-0.05, 0) is 63.4 Å². The van der Waals surface area contributed by atoms with Crippen molar-refractivity contribution in [2.45, 2.75) is 50.5 Å². The summed E-state index contributed by atoms with van der Waals surface area (Å²) in [6.07, 6.45) is 4.53. The molecule has 1 unspecified atom stereocenters. The van der Waals surface area contributed by atoms with Crippen molar-refractivity contribution in [3.8, 4) is 0 Å². The van der Waals surface area contributed by atoms with Crippen LogP contribution >= 0.6 is 0 Å². The molecule has 0 radical (unpaired) electrons. The first-order valence-electron chi connectivity index (χ1n) is 14.2. The van der Waals surface area contributed by atoms with Crippen LogP contribution in [0.25, 0.3) is 0 Å². The number of carbonyl (C=O) groups is 1. The molecule has 39 heavy (non-hydrogen) atoms. The number of hydrogen-bond acceptors (Lipinski definition) is 8. The molecule has 0 saturated carbocycles. The van der Waals surface area contributed by atoms with Crippen LogP contribution in [0.1, 0.15) is 38.7 Å². The van der Waals surface area contributed by atoms with Gasteiger partial charge in [-0.3, -0.25) is 9.69 Å². The van der Waals surface area contributed by atoms with Crippen molar-refractivity contribution in [3.63, 3.8) is 0 Å². The lowest BCUT2D eigenvalue weighted by atomic mass is 10.1. The predicted octanol–water partition coefficient (Wildman–Crippen LogP) is 0.893. The smallest absolute Gasteiger partial charge is 0.237 e. The topological polar surface area (TPSA) is 110 Å². The fourth-order valence-corrected chi connectivity index (χ4v) is 7.42. The Morgan fingerprint density at radius 2 is 1.67 bits per heavy atom. The molecule has 0 aromatic heterocycles. The van der Waals surface area contributed by atoms with E-state index in [0.29, 0.717) is 43.5 Å². The second-order valence-electron chi connectivity index (χ2n) is 10.8. The standard InChI is InChI=1S/C27H47N5O5S2/c1-4-30(24(2)22-25-8-10-26(11-9-25)38(3,34)35)14-5-6-15-31-16-7-17-32(23-27(31)33)39(36,37)21-20-29-18-12-28-13-19-29/h8-11,24,28H,4-7,12-23H2,1-3H3. The summed E-state index contributed by atoms with van der Waals surface area (Å²) in [5, 5.41) is 3.27. The van der Waals surface area contributed by atoms with Crippen LogP contribution in [0.5, 0.6) is 0 Å². The molecule has 0 spiro atoms. The Hall–Kier alpha value is -1.57. The highest BCUT2D eigenvalue weighted by atomic mass is 32.2. The number of hydrogen-bond donors (Lipinski definition) is 1. The molecule has 0 aliphatic carbocycles. The predicted molar refractivity (Wildman–Crippen MR) is 155 cm³/mol. The van der Waals surface area contributed by atoms with Crippen molar-refractivity contribution in [2.75, 3.05) is 84.0 Å². The van der Waals surface area contributed by atoms with E-state index < -0.39 is 19.9 Å². The summed E-state index contributed by atoms with van der Waals surface area (Å²) < 4.78 is 50.7. The lowest BCUT2D eigenvalue weighted by Gasteiger charge is -2.29. The van der Waals surface area contributed by atoms with E-state index in [1.165, 1.54) is 10.6 Å². The molecule has 10 nitrogen and oxygen atoms in total. The number of sulfonamides is 1. The number of nitrogens with zero attached hydrogens (tertiary/aromatic N) is 4. The maximum atomic E-state index is 12.9. The zero-order chi connectivity index (χ0) is 28.5.